The predicted molar refractivity (Wildman–Crippen MR) is 89.4 cm³/mol. The molecular weight excluding hydrogens is 292 g/mol. The second kappa shape index (κ2) is 6.19. The van der Waals surface area contributed by atoms with E-state index in [0.29, 0.717) is 5.69 Å². The lowest BCUT2D eigenvalue weighted by molar-refractivity contribution is -0.111. The van der Waals surface area contributed by atoms with E-state index in [4.69, 9.17) is 5.11 Å². The Morgan fingerprint density at radius 1 is 1.09 bits per heavy atom. The summed E-state index contributed by atoms with van der Waals surface area (Å²) in [5.74, 6) is -1.35. The standard InChI is InChI=1S/C18H14N2O3/c21-17(20-14-5-3-4-12(10-14)18(22)23)9-8-13-11-19-16-7-2-1-6-15(13)16/h1-11,19H,(H,20,21)(H,22,23)/b9-8+. The van der Waals surface area contributed by atoms with Crippen LogP contribution in [-0.2, 0) is 4.79 Å². The SMILES string of the molecule is O=C(/C=C/c1c[nH]c2ccccc12)Nc1cccc(C(=O)O)c1. The third-order valence-corrected chi connectivity index (χ3v) is 3.41. The molecule has 0 fully saturated rings. The molecule has 3 N–H and O–H groups in total. The Hall–Kier alpha value is -3.34. The molecule has 0 aliphatic heterocycles. The van der Waals surface area contributed by atoms with Crippen LogP contribution >= 0.6 is 0 Å². The van der Waals surface area contributed by atoms with Gasteiger partial charge in [-0.1, -0.05) is 24.3 Å². The Kier molecular flexibility index (Phi) is 3.93. The van der Waals surface area contributed by atoms with Gasteiger partial charge in [-0.2, -0.15) is 0 Å². The summed E-state index contributed by atoms with van der Waals surface area (Å²) in [6.07, 6.45) is 4.97. The molecule has 0 radical (unpaired) electrons. The predicted octanol–water partition coefficient (Wildman–Crippen LogP) is 3.52. The number of benzene rings is 2. The molecule has 0 saturated heterocycles. The van der Waals surface area contributed by atoms with Gasteiger partial charge in [0.2, 0.25) is 5.91 Å². The van der Waals surface area contributed by atoms with Crippen LogP contribution in [0.5, 0.6) is 0 Å². The zero-order valence-electron chi connectivity index (χ0n) is 12.1. The highest BCUT2D eigenvalue weighted by Gasteiger charge is 2.05. The average Bonchev–Trinajstić information content (AvgIpc) is 2.96. The number of aromatic amines is 1. The minimum atomic E-state index is -1.03. The maximum atomic E-state index is 12.0. The summed E-state index contributed by atoms with van der Waals surface area (Å²) in [6, 6.07) is 13.9. The van der Waals surface area contributed by atoms with Gasteiger partial charge in [0.05, 0.1) is 5.56 Å². The molecule has 0 unspecified atom stereocenters. The fourth-order valence-electron chi connectivity index (χ4n) is 2.31. The highest BCUT2D eigenvalue weighted by atomic mass is 16.4. The van der Waals surface area contributed by atoms with Crippen LogP contribution in [0.4, 0.5) is 5.69 Å². The van der Waals surface area contributed by atoms with Gasteiger partial charge in [-0.25, -0.2) is 4.79 Å². The summed E-state index contributed by atoms with van der Waals surface area (Å²) in [5, 5.41) is 12.6. The number of aromatic carboxylic acids is 1. The first-order chi connectivity index (χ1) is 11.1. The van der Waals surface area contributed by atoms with Crippen LogP contribution in [-0.4, -0.2) is 22.0 Å². The molecule has 114 valence electrons. The molecule has 3 rings (SSSR count). The summed E-state index contributed by atoms with van der Waals surface area (Å²) in [5.41, 5.74) is 2.48. The van der Waals surface area contributed by atoms with Crippen molar-refractivity contribution >= 4 is 34.5 Å². The summed E-state index contributed by atoms with van der Waals surface area (Å²) in [6.45, 7) is 0. The van der Waals surface area contributed by atoms with Gasteiger partial charge in [-0.15, -0.1) is 0 Å². The number of fused-ring (bicyclic) bond motifs is 1. The summed E-state index contributed by atoms with van der Waals surface area (Å²) >= 11 is 0. The highest BCUT2D eigenvalue weighted by molar-refractivity contribution is 6.04. The molecule has 0 bridgehead atoms. The van der Waals surface area contributed by atoms with E-state index in [1.807, 2.05) is 30.5 Å². The van der Waals surface area contributed by atoms with Gasteiger partial charge in [0, 0.05) is 28.9 Å². The average molecular weight is 306 g/mol. The van der Waals surface area contributed by atoms with Gasteiger partial charge >= 0.3 is 5.97 Å². The first-order valence-electron chi connectivity index (χ1n) is 7.02. The van der Waals surface area contributed by atoms with E-state index in [0.717, 1.165) is 16.5 Å². The van der Waals surface area contributed by atoms with E-state index < -0.39 is 5.97 Å². The number of rotatable bonds is 4. The number of hydrogen-bond donors (Lipinski definition) is 3. The van der Waals surface area contributed by atoms with Crippen molar-refractivity contribution in [2.45, 2.75) is 0 Å². The molecule has 1 heterocycles. The summed E-state index contributed by atoms with van der Waals surface area (Å²) in [7, 11) is 0. The monoisotopic (exact) mass is 306 g/mol. The van der Waals surface area contributed by atoms with Gasteiger partial charge in [-0.3, -0.25) is 4.79 Å². The quantitative estimate of drug-likeness (QED) is 0.645. The minimum Gasteiger partial charge on any atom is -0.478 e. The van der Waals surface area contributed by atoms with E-state index in [1.54, 1.807) is 18.2 Å². The molecule has 5 heteroatoms. The molecule has 3 aromatic rings. The second-order valence-corrected chi connectivity index (χ2v) is 5.00. The Labute approximate surface area is 132 Å². The van der Waals surface area contributed by atoms with Crippen LogP contribution in [0, 0.1) is 0 Å². The Morgan fingerprint density at radius 2 is 1.91 bits per heavy atom. The Morgan fingerprint density at radius 3 is 2.74 bits per heavy atom. The third kappa shape index (κ3) is 3.29. The molecule has 2 aromatic carbocycles. The number of H-pyrrole nitrogens is 1. The molecule has 0 aliphatic rings. The molecule has 1 aromatic heterocycles. The zero-order chi connectivity index (χ0) is 16.2. The molecule has 5 nitrogen and oxygen atoms in total. The number of nitrogens with one attached hydrogen (secondary N) is 2. The number of carbonyl (C=O) groups is 2. The first kappa shape index (κ1) is 14.6. The van der Waals surface area contributed by atoms with Crippen molar-refractivity contribution in [1.29, 1.82) is 0 Å². The van der Waals surface area contributed by atoms with Crippen LogP contribution in [0.3, 0.4) is 0 Å². The molecule has 0 aliphatic carbocycles. The Bertz CT molecular complexity index is 909. The summed E-state index contributed by atoms with van der Waals surface area (Å²) < 4.78 is 0. The van der Waals surface area contributed by atoms with Crippen molar-refractivity contribution in [3.8, 4) is 0 Å². The smallest absolute Gasteiger partial charge is 0.335 e. The van der Waals surface area contributed by atoms with Gasteiger partial charge in [0.25, 0.3) is 0 Å². The van der Waals surface area contributed by atoms with Crippen molar-refractivity contribution in [2.75, 3.05) is 5.32 Å². The van der Waals surface area contributed by atoms with E-state index in [2.05, 4.69) is 10.3 Å². The van der Waals surface area contributed by atoms with Crippen molar-refractivity contribution in [3.63, 3.8) is 0 Å². The number of hydrogen-bond acceptors (Lipinski definition) is 2. The van der Waals surface area contributed by atoms with Crippen molar-refractivity contribution in [3.05, 3.63) is 71.9 Å². The largest absolute Gasteiger partial charge is 0.478 e. The molecular formula is C18H14N2O3. The van der Waals surface area contributed by atoms with Crippen LogP contribution < -0.4 is 5.32 Å². The lowest BCUT2D eigenvalue weighted by Gasteiger charge is -2.03. The van der Waals surface area contributed by atoms with E-state index in [-0.39, 0.29) is 11.5 Å². The number of carbonyl (C=O) groups excluding carboxylic acids is 1. The lowest BCUT2D eigenvalue weighted by atomic mass is 10.1. The third-order valence-electron chi connectivity index (χ3n) is 3.41. The number of para-hydroxylation sites is 1. The minimum absolute atomic E-state index is 0.128. The second-order valence-electron chi connectivity index (χ2n) is 5.00. The molecule has 0 saturated carbocycles. The number of carboxylic acids is 1. The van der Waals surface area contributed by atoms with Crippen molar-refractivity contribution in [2.24, 2.45) is 0 Å². The first-order valence-corrected chi connectivity index (χ1v) is 7.02. The van der Waals surface area contributed by atoms with Crippen LogP contribution in [0.1, 0.15) is 15.9 Å². The van der Waals surface area contributed by atoms with Crippen molar-refractivity contribution in [1.82, 2.24) is 4.98 Å². The van der Waals surface area contributed by atoms with Crippen LogP contribution in [0.2, 0.25) is 0 Å². The maximum Gasteiger partial charge on any atom is 0.335 e. The van der Waals surface area contributed by atoms with Crippen LogP contribution in [0.15, 0.2) is 60.8 Å². The van der Waals surface area contributed by atoms with E-state index in [9.17, 15) is 9.59 Å². The molecule has 0 spiro atoms. The number of aromatic nitrogens is 1. The lowest BCUT2D eigenvalue weighted by Crippen LogP contribution is -2.08. The van der Waals surface area contributed by atoms with Gasteiger partial charge in [0.1, 0.15) is 0 Å². The topological polar surface area (TPSA) is 82.2 Å². The Balaban J connectivity index is 1.74. The zero-order valence-corrected chi connectivity index (χ0v) is 12.1. The molecule has 23 heavy (non-hydrogen) atoms. The summed E-state index contributed by atoms with van der Waals surface area (Å²) in [4.78, 5) is 26.0. The van der Waals surface area contributed by atoms with Gasteiger partial charge in [-0.05, 0) is 35.9 Å². The fourth-order valence-corrected chi connectivity index (χ4v) is 2.31. The van der Waals surface area contributed by atoms with E-state index >= 15 is 0 Å². The van der Waals surface area contributed by atoms with E-state index in [1.165, 1.54) is 18.2 Å². The number of anilines is 1. The maximum absolute atomic E-state index is 12.0. The molecule has 0 atom stereocenters. The molecule has 1 amide bonds. The fraction of sp³-hybridized carbons (Fsp3) is 0. The van der Waals surface area contributed by atoms with Gasteiger partial charge < -0.3 is 15.4 Å². The normalized spacial score (nSPS) is 11.0. The van der Waals surface area contributed by atoms with Gasteiger partial charge in [0.15, 0.2) is 0 Å². The number of amides is 1. The highest BCUT2D eigenvalue weighted by Crippen LogP contribution is 2.19. The van der Waals surface area contributed by atoms with Crippen molar-refractivity contribution < 1.29 is 14.7 Å². The number of carboxylic acid groups (broad SMARTS) is 1. The van der Waals surface area contributed by atoms with Crippen LogP contribution in [0.25, 0.3) is 17.0 Å².